The second-order valence-electron chi connectivity index (χ2n) is 8.67. The third kappa shape index (κ3) is 6.95. The number of ether oxygens (including phenoxy) is 2. The number of nitrogens with one attached hydrogen (secondary N) is 1. The molecule has 4 nitrogen and oxygen atoms in total. The van der Waals surface area contributed by atoms with Gasteiger partial charge in [0.2, 0.25) is 0 Å². The molecule has 0 radical (unpaired) electrons. The highest BCUT2D eigenvalue weighted by Gasteiger charge is 2.19. The highest BCUT2D eigenvalue weighted by Crippen LogP contribution is 2.37. The lowest BCUT2D eigenvalue weighted by atomic mass is 10.0. The second-order valence-corrected chi connectivity index (χ2v) is 9.08. The predicted octanol–water partition coefficient (Wildman–Crippen LogP) is 6.21. The van der Waals surface area contributed by atoms with Crippen LogP contribution in [0.25, 0.3) is 0 Å². The Kier molecular flexibility index (Phi) is 8.80. The molecule has 180 valence electrons. The molecule has 6 heteroatoms. The number of benzene rings is 3. The van der Waals surface area contributed by atoms with Gasteiger partial charge in [-0.25, -0.2) is 4.39 Å². The molecule has 0 unspecified atom stereocenters. The summed E-state index contributed by atoms with van der Waals surface area (Å²) in [5.41, 5.74) is 3.30. The van der Waals surface area contributed by atoms with E-state index < -0.39 is 0 Å². The fourth-order valence-corrected chi connectivity index (χ4v) is 4.55. The maximum atomic E-state index is 13.1. The molecule has 1 aliphatic rings. The summed E-state index contributed by atoms with van der Waals surface area (Å²) in [6, 6.07) is 21.3. The molecule has 0 aliphatic carbocycles. The molecule has 0 amide bonds. The van der Waals surface area contributed by atoms with Gasteiger partial charge in [0.15, 0.2) is 11.5 Å². The van der Waals surface area contributed by atoms with Crippen molar-refractivity contribution in [2.45, 2.75) is 45.5 Å². The molecule has 1 N–H and O–H groups in total. The van der Waals surface area contributed by atoms with Crippen molar-refractivity contribution in [1.29, 1.82) is 0 Å². The van der Waals surface area contributed by atoms with E-state index in [0.717, 1.165) is 50.1 Å². The zero-order valence-electron chi connectivity index (χ0n) is 19.6. The lowest BCUT2D eigenvalue weighted by molar-refractivity contribution is 0.190. The summed E-state index contributed by atoms with van der Waals surface area (Å²) in [7, 11) is 0. The van der Waals surface area contributed by atoms with E-state index in [1.165, 1.54) is 17.7 Å². The number of halogens is 2. The minimum Gasteiger partial charge on any atom is -0.490 e. The third-order valence-electron chi connectivity index (χ3n) is 6.10. The maximum Gasteiger partial charge on any atom is 0.180 e. The molecule has 3 aromatic rings. The van der Waals surface area contributed by atoms with Crippen molar-refractivity contribution in [3.63, 3.8) is 0 Å². The fourth-order valence-electron chi connectivity index (χ4n) is 4.26. The molecule has 0 atom stereocenters. The molecular formula is C28H32ClFN2O2. The smallest absolute Gasteiger partial charge is 0.180 e. The number of piperidine rings is 1. The van der Waals surface area contributed by atoms with Crippen LogP contribution in [0.5, 0.6) is 11.5 Å². The Morgan fingerprint density at radius 1 is 0.941 bits per heavy atom. The lowest BCUT2D eigenvalue weighted by Crippen LogP contribution is -2.41. The molecule has 0 spiro atoms. The molecule has 1 fully saturated rings. The standard InChI is InChI=1S/C28H32ClFN2O2/c1-2-33-27-17-23(16-26(29)28(27)34-20-22-8-10-24(30)11-9-22)18-31-25-12-14-32(15-13-25)19-21-6-4-3-5-7-21/h3-11,16-17,25,31H,2,12-15,18-20H2,1H3. The van der Waals surface area contributed by atoms with Crippen LogP contribution in [0.2, 0.25) is 5.02 Å². The summed E-state index contributed by atoms with van der Waals surface area (Å²) in [6.07, 6.45) is 2.25. The van der Waals surface area contributed by atoms with Crippen LogP contribution in [-0.4, -0.2) is 30.6 Å². The largest absolute Gasteiger partial charge is 0.490 e. The van der Waals surface area contributed by atoms with E-state index in [9.17, 15) is 4.39 Å². The van der Waals surface area contributed by atoms with Gasteiger partial charge in [0.05, 0.1) is 11.6 Å². The van der Waals surface area contributed by atoms with Gasteiger partial charge < -0.3 is 14.8 Å². The van der Waals surface area contributed by atoms with Gasteiger partial charge in [0.1, 0.15) is 12.4 Å². The zero-order chi connectivity index (χ0) is 23.8. The number of nitrogens with zero attached hydrogens (tertiary/aromatic N) is 1. The summed E-state index contributed by atoms with van der Waals surface area (Å²) in [5.74, 6) is 0.882. The van der Waals surface area contributed by atoms with E-state index in [4.69, 9.17) is 21.1 Å². The van der Waals surface area contributed by atoms with E-state index in [-0.39, 0.29) is 5.82 Å². The molecule has 1 saturated heterocycles. The van der Waals surface area contributed by atoms with Crippen LogP contribution in [0.1, 0.15) is 36.5 Å². The Morgan fingerprint density at radius 2 is 1.68 bits per heavy atom. The molecule has 3 aromatic carbocycles. The second kappa shape index (κ2) is 12.2. The van der Waals surface area contributed by atoms with Crippen molar-refractivity contribution >= 4 is 11.6 Å². The Morgan fingerprint density at radius 3 is 2.38 bits per heavy atom. The zero-order valence-corrected chi connectivity index (χ0v) is 20.4. The summed E-state index contributed by atoms with van der Waals surface area (Å²) in [6.45, 7) is 6.66. The molecule has 1 aliphatic heterocycles. The van der Waals surface area contributed by atoms with Gasteiger partial charge in [-0.1, -0.05) is 54.1 Å². The highest BCUT2D eigenvalue weighted by atomic mass is 35.5. The summed E-state index contributed by atoms with van der Waals surface area (Å²) in [5, 5.41) is 4.20. The first-order chi connectivity index (χ1) is 16.6. The quantitative estimate of drug-likeness (QED) is 0.372. The van der Waals surface area contributed by atoms with Gasteiger partial charge in [-0.3, -0.25) is 4.90 Å². The van der Waals surface area contributed by atoms with Crippen LogP contribution >= 0.6 is 11.6 Å². The number of hydrogen-bond acceptors (Lipinski definition) is 4. The van der Waals surface area contributed by atoms with Gasteiger partial charge in [-0.2, -0.15) is 0 Å². The van der Waals surface area contributed by atoms with E-state index in [1.807, 2.05) is 19.1 Å². The minimum absolute atomic E-state index is 0.268. The monoisotopic (exact) mass is 482 g/mol. The maximum absolute atomic E-state index is 13.1. The first-order valence-electron chi connectivity index (χ1n) is 11.9. The first-order valence-corrected chi connectivity index (χ1v) is 12.3. The van der Waals surface area contributed by atoms with Crippen LogP contribution < -0.4 is 14.8 Å². The fraction of sp³-hybridized carbons (Fsp3) is 0.357. The predicted molar refractivity (Wildman–Crippen MR) is 135 cm³/mol. The Bertz CT molecular complexity index is 1040. The number of hydrogen-bond donors (Lipinski definition) is 1. The van der Waals surface area contributed by atoms with E-state index in [0.29, 0.717) is 35.8 Å². The average molecular weight is 483 g/mol. The van der Waals surface area contributed by atoms with Crippen LogP contribution in [0, 0.1) is 5.82 Å². The normalized spacial score (nSPS) is 14.8. The van der Waals surface area contributed by atoms with Crippen LogP contribution in [0.3, 0.4) is 0 Å². The molecular weight excluding hydrogens is 451 g/mol. The van der Waals surface area contributed by atoms with E-state index >= 15 is 0 Å². The Balaban J connectivity index is 1.31. The van der Waals surface area contributed by atoms with Gasteiger partial charge in [-0.15, -0.1) is 0 Å². The van der Waals surface area contributed by atoms with Crippen molar-refractivity contribution in [1.82, 2.24) is 10.2 Å². The minimum atomic E-state index is -0.268. The third-order valence-corrected chi connectivity index (χ3v) is 6.38. The summed E-state index contributed by atoms with van der Waals surface area (Å²) < 4.78 is 24.9. The van der Waals surface area contributed by atoms with E-state index in [2.05, 4.69) is 40.5 Å². The average Bonchev–Trinajstić information content (AvgIpc) is 2.85. The number of likely N-dealkylation sites (tertiary alicyclic amines) is 1. The topological polar surface area (TPSA) is 33.7 Å². The van der Waals surface area contributed by atoms with E-state index in [1.54, 1.807) is 12.1 Å². The molecule has 34 heavy (non-hydrogen) atoms. The molecule has 0 bridgehead atoms. The number of rotatable bonds is 10. The summed E-state index contributed by atoms with van der Waals surface area (Å²) >= 11 is 6.58. The van der Waals surface area contributed by atoms with Crippen molar-refractivity contribution in [3.8, 4) is 11.5 Å². The molecule has 0 aromatic heterocycles. The summed E-state index contributed by atoms with van der Waals surface area (Å²) in [4.78, 5) is 2.52. The van der Waals surface area contributed by atoms with Crippen LogP contribution in [-0.2, 0) is 19.7 Å². The van der Waals surface area contributed by atoms with Gasteiger partial charge in [0, 0.05) is 19.1 Å². The van der Waals surface area contributed by atoms with Gasteiger partial charge in [0.25, 0.3) is 0 Å². The van der Waals surface area contributed by atoms with Crippen LogP contribution in [0.4, 0.5) is 4.39 Å². The Labute approximate surface area is 206 Å². The van der Waals surface area contributed by atoms with Crippen molar-refractivity contribution < 1.29 is 13.9 Å². The van der Waals surface area contributed by atoms with Crippen molar-refractivity contribution in [2.24, 2.45) is 0 Å². The SMILES string of the molecule is CCOc1cc(CNC2CCN(Cc3ccccc3)CC2)cc(Cl)c1OCc1ccc(F)cc1. The Hall–Kier alpha value is -2.60. The van der Waals surface area contributed by atoms with Gasteiger partial charge in [-0.05, 0) is 73.8 Å². The molecule has 0 saturated carbocycles. The highest BCUT2D eigenvalue weighted by molar-refractivity contribution is 6.32. The van der Waals surface area contributed by atoms with Crippen molar-refractivity contribution in [2.75, 3.05) is 19.7 Å². The lowest BCUT2D eigenvalue weighted by Gasteiger charge is -2.32. The molecule has 4 rings (SSSR count). The van der Waals surface area contributed by atoms with Gasteiger partial charge >= 0.3 is 0 Å². The van der Waals surface area contributed by atoms with Crippen molar-refractivity contribution in [3.05, 3.63) is 94.3 Å². The molecule has 1 heterocycles. The first kappa shape index (κ1) is 24.5. The van der Waals surface area contributed by atoms with Crippen LogP contribution in [0.15, 0.2) is 66.7 Å².